The van der Waals surface area contributed by atoms with Crippen LogP contribution in [0, 0.1) is 5.41 Å². The van der Waals surface area contributed by atoms with Gasteiger partial charge in [-0.2, -0.15) is 0 Å². The summed E-state index contributed by atoms with van der Waals surface area (Å²) < 4.78 is 1.87. The maximum absolute atomic E-state index is 9.49. The van der Waals surface area contributed by atoms with E-state index in [1.807, 2.05) is 11.6 Å². The van der Waals surface area contributed by atoms with Gasteiger partial charge in [-0.15, -0.1) is 0 Å². The van der Waals surface area contributed by atoms with Crippen molar-refractivity contribution in [3.05, 3.63) is 17.2 Å². The Kier molecular flexibility index (Phi) is 4.07. The summed E-state index contributed by atoms with van der Waals surface area (Å²) in [4.78, 5) is 4.23. The highest BCUT2D eigenvalue weighted by Crippen LogP contribution is 2.36. The van der Waals surface area contributed by atoms with Crippen LogP contribution in [-0.4, -0.2) is 27.8 Å². The van der Waals surface area contributed by atoms with E-state index in [1.165, 1.54) is 12.8 Å². The van der Waals surface area contributed by atoms with Crippen molar-refractivity contribution in [1.82, 2.24) is 14.9 Å². The van der Waals surface area contributed by atoms with Crippen molar-refractivity contribution in [1.29, 1.82) is 0 Å². The van der Waals surface area contributed by atoms with E-state index < -0.39 is 0 Å². The maximum Gasteiger partial charge on any atom is 0.128 e. The summed E-state index contributed by atoms with van der Waals surface area (Å²) in [6.07, 6.45) is 6.37. The number of hydrogen-bond acceptors (Lipinski definition) is 3. The summed E-state index contributed by atoms with van der Waals surface area (Å²) in [7, 11) is 1.91. The topological polar surface area (TPSA) is 50.1 Å². The molecule has 1 saturated carbocycles. The molecule has 5 heteroatoms. The zero-order chi connectivity index (χ0) is 12.3. The van der Waals surface area contributed by atoms with E-state index in [0.717, 1.165) is 25.2 Å². The zero-order valence-corrected chi connectivity index (χ0v) is 11.0. The Labute approximate surface area is 107 Å². The lowest BCUT2D eigenvalue weighted by Crippen LogP contribution is -2.35. The number of rotatable bonds is 5. The third-order valence-corrected chi connectivity index (χ3v) is 4.16. The van der Waals surface area contributed by atoms with E-state index in [2.05, 4.69) is 10.3 Å². The molecule has 0 radical (unpaired) electrons. The number of hydrogen-bond donors (Lipinski definition) is 2. The summed E-state index contributed by atoms with van der Waals surface area (Å²) in [5.74, 6) is 0.932. The summed E-state index contributed by atoms with van der Waals surface area (Å²) in [6, 6.07) is 0. The lowest BCUT2D eigenvalue weighted by molar-refractivity contribution is 0.128. The Balaban J connectivity index is 1.85. The molecule has 1 aliphatic carbocycles. The fourth-order valence-electron chi connectivity index (χ4n) is 2.54. The Morgan fingerprint density at radius 3 is 2.76 bits per heavy atom. The van der Waals surface area contributed by atoms with E-state index in [-0.39, 0.29) is 12.0 Å². The van der Waals surface area contributed by atoms with E-state index in [0.29, 0.717) is 11.7 Å². The first-order chi connectivity index (χ1) is 8.17. The predicted molar refractivity (Wildman–Crippen MR) is 67.9 cm³/mol. The van der Waals surface area contributed by atoms with Crippen molar-refractivity contribution in [3.8, 4) is 0 Å². The molecule has 0 aromatic carbocycles. The monoisotopic (exact) mass is 257 g/mol. The van der Waals surface area contributed by atoms with Gasteiger partial charge in [-0.05, 0) is 12.8 Å². The van der Waals surface area contributed by atoms with Crippen molar-refractivity contribution in [2.24, 2.45) is 12.5 Å². The van der Waals surface area contributed by atoms with Crippen LogP contribution < -0.4 is 5.32 Å². The molecule has 1 aliphatic rings. The minimum Gasteiger partial charge on any atom is -0.396 e. The molecule has 0 aliphatic heterocycles. The van der Waals surface area contributed by atoms with Crippen LogP contribution in [-0.2, 0) is 13.6 Å². The van der Waals surface area contributed by atoms with E-state index in [4.69, 9.17) is 11.6 Å². The van der Waals surface area contributed by atoms with Gasteiger partial charge in [0.05, 0.1) is 12.7 Å². The number of imidazole rings is 1. The first-order valence-electron chi connectivity index (χ1n) is 6.14. The van der Waals surface area contributed by atoms with Gasteiger partial charge in [0.15, 0.2) is 0 Å². The second kappa shape index (κ2) is 5.38. The van der Waals surface area contributed by atoms with Gasteiger partial charge in [0.1, 0.15) is 11.0 Å². The van der Waals surface area contributed by atoms with Crippen molar-refractivity contribution < 1.29 is 5.11 Å². The number of halogens is 1. The zero-order valence-electron chi connectivity index (χ0n) is 10.2. The molecule has 1 aromatic heterocycles. The third-order valence-electron chi connectivity index (χ3n) is 3.81. The quantitative estimate of drug-likeness (QED) is 0.845. The average Bonchev–Trinajstić information content (AvgIpc) is 2.92. The van der Waals surface area contributed by atoms with Crippen LogP contribution in [0.2, 0.25) is 5.15 Å². The van der Waals surface area contributed by atoms with Crippen LogP contribution in [0.1, 0.15) is 31.5 Å². The Hall–Kier alpha value is -0.580. The molecule has 2 rings (SSSR count). The minimum atomic E-state index is 0.0922. The highest BCUT2D eigenvalue weighted by atomic mass is 35.5. The molecule has 2 N–H and O–H groups in total. The van der Waals surface area contributed by atoms with Crippen LogP contribution in [0.15, 0.2) is 6.20 Å². The largest absolute Gasteiger partial charge is 0.396 e. The fourth-order valence-corrected chi connectivity index (χ4v) is 2.69. The molecular formula is C12H20ClN3O. The second-order valence-electron chi connectivity index (χ2n) is 5.02. The maximum atomic E-state index is 9.49. The highest BCUT2D eigenvalue weighted by Gasteiger charge is 2.32. The van der Waals surface area contributed by atoms with Crippen LogP contribution in [0.25, 0.3) is 0 Å². The summed E-state index contributed by atoms with van der Waals surface area (Å²) in [6.45, 7) is 1.83. The number of nitrogens with zero attached hydrogens (tertiary/aromatic N) is 2. The molecule has 1 fully saturated rings. The van der Waals surface area contributed by atoms with Gasteiger partial charge >= 0.3 is 0 Å². The molecule has 4 nitrogen and oxygen atoms in total. The van der Waals surface area contributed by atoms with E-state index in [9.17, 15) is 5.11 Å². The van der Waals surface area contributed by atoms with Gasteiger partial charge in [0.25, 0.3) is 0 Å². The van der Waals surface area contributed by atoms with Crippen molar-refractivity contribution in [3.63, 3.8) is 0 Å². The molecule has 96 valence electrons. The molecule has 0 amide bonds. The van der Waals surface area contributed by atoms with Crippen molar-refractivity contribution >= 4 is 11.6 Å². The first kappa shape index (κ1) is 12.9. The van der Waals surface area contributed by atoms with Crippen molar-refractivity contribution in [2.45, 2.75) is 32.2 Å². The molecule has 0 saturated heterocycles. The Morgan fingerprint density at radius 1 is 1.53 bits per heavy atom. The van der Waals surface area contributed by atoms with Crippen LogP contribution in [0.4, 0.5) is 0 Å². The lowest BCUT2D eigenvalue weighted by atomic mass is 9.87. The number of aliphatic hydroxyl groups is 1. The first-order valence-corrected chi connectivity index (χ1v) is 6.52. The number of aromatic nitrogens is 2. The third kappa shape index (κ3) is 2.81. The van der Waals surface area contributed by atoms with E-state index in [1.54, 1.807) is 6.20 Å². The van der Waals surface area contributed by atoms with E-state index >= 15 is 0 Å². The molecule has 1 aromatic rings. The molecule has 1 heterocycles. The van der Waals surface area contributed by atoms with Gasteiger partial charge < -0.3 is 15.0 Å². The molecule has 0 unspecified atom stereocenters. The normalized spacial score (nSPS) is 18.8. The molecule has 0 bridgehead atoms. The molecular weight excluding hydrogens is 238 g/mol. The number of aliphatic hydroxyl groups excluding tert-OH is 1. The molecule has 0 atom stereocenters. The Morgan fingerprint density at radius 2 is 2.24 bits per heavy atom. The van der Waals surface area contributed by atoms with Gasteiger partial charge in [-0.1, -0.05) is 24.4 Å². The van der Waals surface area contributed by atoms with Crippen molar-refractivity contribution in [2.75, 3.05) is 13.2 Å². The standard InChI is InChI=1S/C12H20ClN3O/c1-16-10(13)6-15-11(16)7-14-8-12(9-17)4-2-3-5-12/h6,14,17H,2-5,7-9H2,1H3. The lowest BCUT2D eigenvalue weighted by Gasteiger charge is -2.26. The van der Waals surface area contributed by atoms with Gasteiger partial charge in [-0.3, -0.25) is 0 Å². The average molecular weight is 258 g/mol. The fraction of sp³-hybridized carbons (Fsp3) is 0.750. The summed E-state index contributed by atoms with van der Waals surface area (Å²) >= 11 is 5.92. The van der Waals surface area contributed by atoms with Crippen LogP contribution in [0.5, 0.6) is 0 Å². The summed E-state index contributed by atoms with van der Waals surface area (Å²) in [5, 5.41) is 13.5. The van der Waals surface area contributed by atoms with Gasteiger partial charge in [0, 0.05) is 25.6 Å². The molecule has 17 heavy (non-hydrogen) atoms. The highest BCUT2D eigenvalue weighted by molar-refractivity contribution is 6.29. The summed E-state index contributed by atoms with van der Waals surface area (Å²) in [5.41, 5.74) is 0.0922. The SMILES string of the molecule is Cn1c(Cl)cnc1CNCC1(CO)CCCC1. The second-order valence-corrected chi connectivity index (χ2v) is 5.41. The predicted octanol–water partition coefficient (Wildman–Crippen LogP) is 1.72. The van der Waals surface area contributed by atoms with Gasteiger partial charge in [0.2, 0.25) is 0 Å². The van der Waals surface area contributed by atoms with Crippen LogP contribution >= 0.6 is 11.6 Å². The van der Waals surface area contributed by atoms with Gasteiger partial charge in [-0.25, -0.2) is 4.98 Å². The van der Waals surface area contributed by atoms with Crippen LogP contribution in [0.3, 0.4) is 0 Å². The number of nitrogens with one attached hydrogen (secondary N) is 1. The smallest absolute Gasteiger partial charge is 0.128 e. The Bertz CT molecular complexity index is 372. The molecule has 0 spiro atoms. The minimum absolute atomic E-state index is 0.0922.